The van der Waals surface area contributed by atoms with E-state index in [0.717, 1.165) is 0 Å². The molecule has 184 valence electrons. The van der Waals surface area contributed by atoms with Crippen molar-refractivity contribution in [1.82, 2.24) is 16.0 Å². The smallest absolute Gasteiger partial charge is 0.327 e. The lowest BCUT2D eigenvalue weighted by atomic mass is 10.0. The lowest BCUT2D eigenvalue weighted by Gasteiger charge is -2.25. The summed E-state index contributed by atoms with van der Waals surface area (Å²) >= 11 is 3.90. The van der Waals surface area contributed by atoms with Crippen LogP contribution in [0.4, 0.5) is 0 Å². The first-order chi connectivity index (χ1) is 15.5. The maximum atomic E-state index is 12.6. The van der Waals surface area contributed by atoms with Crippen LogP contribution in [0.1, 0.15) is 25.8 Å². The van der Waals surface area contributed by atoms with Crippen molar-refractivity contribution < 1.29 is 34.5 Å². The number of benzene rings is 1. The predicted octanol–water partition coefficient (Wildman–Crippen LogP) is -1.23. The number of thiol groups is 1. The third-order valence-corrected chi connectivity index (χ3v) is 5.05. The van der Waals surface area contributed by atoms with E-state index in [2.05, 4.69) is 28.6 Å². The standard InChI is InChI=1S/C21H32N4O7S/c1-11(2)7-15(19(29)25-17(10-33)21(31)32)23-20(30)16(9-26)24-18(28)14(22)8-12-3-5-13(27)6-4-12/h3-6,11,14-17,26-27,33H,7-10,22H2,1-2H3,(H,23,30)(H,24,28)(H,25,29)(H,31,32). The van der Waals surface area contributed by atoms with E-state index in [-0.39, 0.29) is 30.3 Å². The maximum absolute atomic E-state index is 12.6. The molecule has 0 aliphatic carbocycles. The van der Waals surface area contributed by atoms with Crippen LogP contribution in [0.5, 0.6) is 5.75 Å². The number of nitrogens with one attached hydrogen (secondary N) is 3. The summed E-state index contributed by atoms with van der Waals surface area (Å²) in [6.45, 7) is 2.88. The first kappa shape index (κ1) is 28.2. The highest BCUT2D eigenvalue weighted by molar-refractivity contribution is 7.80. The highest BCUT2D eigenvalue weighted by atomic mass is 32.1. The van der Waals surface area contributed by atoms with Crippen LogP contribution < -0.4 is 21.7 Å². The highest BCUT2D eigenvalue weighted by Crippen LogP contribution is 2.11. The molecule has 12 heteroatoms. The third kappa shape index (κ3) is 9.68. The molecule has 0 radical (unpaired) electrons. The summed E-state index contributed by atoms with van der Waals surface area (Å²) in [5.41, 5.74) is 6.58. The van der Waals surface area contributed by atoms with Crippen molar-refractivity contribution in [2.45, 2.75) is 50.9 Å². The molecule has 4 unspecified atom stereocenters. The molecule has 0 aliphatic heterocycles. The monoisotopic (exact) mass is 484 g/mol. The van der Waals surface area contributed by atoms with Gasteiger partial charge in [-0.1, -0.05) is 26.0 Å². The largest absolute Gasteiger partial charge is 0.508 e. The molecule has 8 N–H and O–H groups in total. The highest BCUT2D eigenvalue weighted by Gasteiger charge is 2.30. The van der Waals surface area contributed by atoms with E-state index in [4.69, 9.17) is 10.8 Å². The lowest BCUT2D eigenvalue weighted by molar-refractivity contribution is -0.141. The Morgan fingerprint density at radius 3 is 1.94 bits per heavy atom. The minimum absolute atomic E-state index is 0.0266. The zero-order valence-corrected chi connectivity index (χ0v) is 19.4. The number of amides is 3. The molecule has 0 aliphatic rings. The normalized spacial score (nSPS) is 14.6. The van der Waals surface area contributed by atoms with Gasteiger partial charge >= 0.3 is 5.97 Å². The van der Waals surface area contributed by atoms with Gasteiger partial charge in [0.15, 0.2) is 0 Å². The average molecular weight is 485 g/mol. The summed E-state index contributed by atoms with van der Waals surface area (Å²) < 4.78 is 0. The van der Waals surface area contributed by atoms with E-state index in [0.29, 0.717) is 5.56 Å². The Hall–Kier alpha value is -2.83. The zero-order chi connectivity index (χ0) is 25.1. The van der Waals surface area contributed by atoms with Crippen molar-refractivity contribution in [1.29, 1.82) is 0 Å². The van der Waals surface area contributed by atoms with Crippen LogP contribution in [0.3, 0.4) is 0 Å². The Morgan fingerprint density at radius 2 is 1.45 bits per heavy atom. The number of carbonyl (C=O) groups excluding carboxylic acids is 3. The van der Waals surface area contributed by atoms with Crippen molar-refractivity contribution in [2.75, 3.05) is 12.4 Å². The molecule has 1 aromatic carbocycles. The molecule has 1 rings (SSSR count). The topological polar surface area (TPSA) is 191 Å². The number of carboxylic acids is 1. The Balaban J connectivity index is 2.80. The predicted molar refractivity (Wildman–Crippen MR) is 124 cm³/mol. The molecule has 0 heterocycles. The van der Waals surface area contributed by atoms with Crippen molar-refractivity contribution in [3.8, 4) is 5.75 Å². The summed E-state index contributed by atoms with van der Waals surface area (Å²) in [6.07, 6.45) is 0.327. The second kappa shape index (κ2) is 13.7. The number of aliphatic hydroxyl groups is 1. The van der Waals surface area contributed by atoms with Crippen molar-refractivity contribution >= 4 is 36.3 Å². The molecule has 4 atom stereocenters. The molecule has 0 fully saturated rings. The molecular formula is C21H32N4O7S. The van der Waals surface area contributed by atoms with Crippen LogP contribution in [0.15, 0.2) is 24.3 Å². The molecule has 1 aromatic rings. The van der Waals surface area contributed by atoms with E-state index in [1.165, 1.54) is 12.1 Å². The fourth-order valence-electron chi connectivity index (χ4n) is 2.88. The second-order valence-corrected chi connectivity index (χ2v) is 8.36. The first-order valence-electron chi connectivity index (χ1n) is 10.4. The third-order valence-electron chi connectivity index (χ3n) is 4.68. The number of aliphatic carboxylic acids is 1. The fourth-order valence-corrected chi connectivity index (χ4v) is 3.13. The molecule has 0 saturated heterocycles. The summed E-state index contributed by atoms with van der Waals surface area (Å²) in [4.78, 5) is 48.8. The van der Waals surface area contributed by atoms with E-state index in [1.54, 1.807) is 12.1 Å². The Kier molecular flexibility index (Phi) is 11.7. The van der Waals surface area contributed by atoms with Gasteiger partial charge < -0.3 is 37.0 Å². The molecular weight excluding hydrogens is 452 g/mol. The molecule has 3 amide bonds. The number of phenols is 1. The summed E-state index contributed by atoms with van der Waals surface area (Å²) in [7, 11) is 0. The lowest BCUT2D eigenvalue weighted by Crippen LogP contribution is -2.58. The molecule has 0 spiro atoms. The second-order valence-electron chi connectivity index (χ2n) is 7.99. The molecule has 0 aromatic heterocycles. The average Bonchev–Trinajstić information content (AvgIpc) is 2.75. The van der Waals surface area contributed by atoms with Gasteiger partial charge in [0.2, 0.25) is 17.7 Å². The number of hydrogen-bond acceptors (Lipinski definition) is 8. The van der Waals surface area contributed by atoms with Gasteiger partial charge in [-0.3, -0.25) is 14.4 Å². The minimum Gasteiger partial charge on any atom is -0.508 e. The number of aliphatic hydroxyl groups excluding tert-OH is 1. The van der Waals surface area contributed by atoms with Crippen LogP contribution in [-0.4, -0.2) is 75.5 Å². The Bertz CT molecular complexity index is 819. The molecule has 33 heavy (non-hydrogen) atoms. The molecule has 0 saturated carbocycles. The number of phenolic OH excluding ortho intramolecular Hbond substituents is 1. The summed E-state index contributed by atoms with van der Waals surface area (Å²) in [5, 5.41) is 35.2. The zero-order valence-electron chi connectivity index (χ0n) is 18.5. The molecule has 0 bridgehead atoms. The SMILES string of the molecule is CC(C)CC(NC(=O)C(CO)NC(=O)C(N)Cc1ccc(O)cc1)C(=O)NC(CS)C(=O)O. The van der Waals surface area contributed by atoms with Crippen molar-refractivity contribution in [3.63, 3.8) is 0 Å². The van der Waals surface area contributed by atoms with Crippen LogP contribution in [0.2, 0.25) is 0 Å². The van der Waals surface area contributed by atoms with E-state index in [1.807, 2.05) is 13.8 Å². The number of carbonyl (C=O) groups is 4. The van der Waals surface area contributed by atoms with Gasteiger partial charge in [-0.05, 0) is 36.5 Å². The quantitative estimate of drug-likeness (QED) is 0.160. The van der Waals surface area contributed by atoms with Gasteiger partial charge in [0, 0.05) is 5.75 Å². The van der Waals surface area contributed by atoms with Gasteiger partial charge in [-0.15, -0.1) is 0 Å². The van der Waals surface area contributed by atoms with Gasteiger partial charge in [0.05, 0.1) is 12.6 Å². The fraction of sp³-hybridized carbons (Fsp3) is 0.524. The number of carboxylic acid groups (broad SMARTS) is 1. The van der Waals surface area contributed by atoms with Crippen LogP contribution >= 0.6 is 12.6 Å². The van der Waals surface area contributed by atoms with E-state index >= 15 is 0 Å². The number of hydrogen-bond donors (Lipinski definition) is 8. The Morgan fingerprint density at radius 1 is 0.939 bits per heavy atom. The number of nitrogens with two attached hydrogens (primary N) is 1. The number of aromatic hydroxyl groups is 1. The number of rotatable bonds is 13. The minimum atomic E-state index is -1.37. The van der Waals surface area contributed by atoms with Gasteiger partial charge in [-0.25, -0.2) is 4.79 Å². The summed E-state index contributed by atoms with van der Waals surface area (Å²) in [6, 6.07) is 1.38. The van der Waals surface area contributed by atoms with Gasteiger partial charge in [0.1, 0.15) is 23.9 Å². The summed E-state index contributed by atoms with van der Waals surface area (Å²) in [5.74, 6) is -3.59. The van der Waals surface area contributed by atoms with Gasteiger partial charge in [-0.2, -0.15) is 12.6 Å². The van der Waals surface area contributed by atoms with Gasteiger partial charge in [0.25, 0.3) is 0 Å². The van der Waals surface area contributed by atoms with Crippen molar-refractivity contribution in [3.05, 3.63) is 29.8 Å². The van der Waals surface area contributed by atoms with Crippen molar-refractivity contribution in [2.24, 2.45) is 11.7 Å². The molecule has 11 nitrogen and oxygen atoms in total. The van der Waals surface area contributed by atoms with Crippen LogP contribution in [-0.2, 0) is 25.6 Å². The van der Waals surface area contributed by atoms with Crippen LogP contribution in [0, 0.1) is 5.92 Å². The van der Waals surface area contributed by atoms with E-state index in [9.17, 15) is 29.4 Å². The first-order valence-corrected chi connectivity index (χ1v) is 11.0. The maximum Gasteiger partial charge on any atom is 0.327 e. The van der Waals surface area contributed by atoms with Crippen LogP contribution in [0.25, 0.3) is 0 Å². The Labute approximate surface area is 197 Å². The van der Waals surface area contributed by atoms with E-state index < -0.39 is 54.5 Å².